The van der Waals surface area contributed by atoms with Crippen molar-refractivity contribution < 1.29 is 23.3 Å². The Morgan fingerprint density at radius 2 is 1.83 bits per heavy atom. The highest BCUT2D eigenvalue weighted by molar-refractivity contribution is 5.73. The molecule has 0 radical (unpaired) electrons. The van der Waals surface area contributed by atoms with Crippen molar-refractivity contribution in [2.45, 2.75) is 12.5 Å². The van der Waals surface area contributed by atoms with Crippen LogP contribution >= 0.6 is 0 Å². The second-order valence-corrected chi connectivity index (χ2v) is 8.29. The Bertz CT molecular complexity index is 1520. The average Bonchev–Trinajstić information content (AvgIpc) is 3.54. The molecule has 2 aliphatic heterocycles. The molecule has 0 bridgehead atoms. The molecular formula is C27H19FN4O4. The minimum absolute atomic E-state index is 0.00960. The van der Waals surface area contributed by atoms with Crippen LogP contribution in [0.4, 0.5) is 4.39 Å². The highest BCUT2D eigenvalue weighted by atomic mass is 19.1. The van der Waals surface area contributed by atoms with Crippen LogP contribution in [0.15, 0.2) is 78.2 Å². The molecule has 178 valence electrons. The van der Waals surface area contributed by atoms with Gasteiger partial charge >= 0.3 is 0 Å². The number of nitriles is 1. The van der Waals surface area contributed by atoms with Crippen molar-refractivity contribution in [3.8, 4) is 40.5 Å². The van der Waals surface area contributed by atoms with Crippen LogP contribution in [-0.4, -0.2) is 17.0 Å². The maximum Gasteiger partial charge on any atom is 0.244 e. The second kappa shape index (κ2) is 8.67. The van der Waals surface area contributed by atoms with Crippen LogP contribution in [0.3, 0.4) is 0 Å². The summed E-state index contributed by atoms with van der Waals surface area (Å²) < 4.78 is 35.6. The maximum absolute atomic E-state index is 13.1. The molecular weight excluding hydrogens is 463 g/mol. The van der Waals surface area contributed by atoms with Crippen LogP contribution in [-0.2, 0) is 6.61 Å². The zero-order chi connectivity index (χ0) is 24.6. The lowest BCUT2D eigenvalue weighted by molar-refractivity contribution is 0.174. The molecule has 1 atom stereocenters. The van der Waals surface area contributed by atoms with Crippen molar-refractivity contribution in [1.82, 2.24) is 10.2 Å². The number of aromatic nitrogens is 2. The number of benzene rings is 3. The van der Waals surface area contributed by atoms with Gasteiger partial charge in [0.05, 0.1) is 17.2 Å². The molecule has 3 heterocycles. The molecule has 3 aromatic carbocycles. The zero-order valence-corrected chi connectivity index (χ0v) is 18.8. The lowest BCUT2D eigenvalue weighted by Crippen LogP contribution is -2.21. The molecule has 0 spiro atoms. The van der Waals surface area contributed by atoms with Crippen molar-refractivity contribution in [3.05, 3.63) is 101 Å². The average molecular weight is 482 g/mol. The highest BCUT2D eigenvalue weighted by Crippen LogP contribution is 2.47. The summed E-state index contributed by atoms with van der Waals surface area (Å²) in [5, 5.41) is 17.3. The molecule has 0 saturated heterocycles. The molecule has 2 aliphatic rings. The van der Waals surface area contributed by atoms with E-state index in [-0.39, 0.29) is 24.1 Å². The van der Waals surface area contributed by atoms with Crippen molar-refractivity contribution in [2.75, 3.05) is 6.79 Å². The zero-order valence-electron chi connectivity index (χ0n) is 18.8. The second-order valence-electron chi connectivity index (χ2n) is 8.29. The number of hydrogen-bond donors (Lipinski definition) is 2. The fraction of sp³-hybridized carbons (Fsp3) is 0.111. The largest absolute Gasteiger partial charge is 0.489 e. The first-order valence-electron chi connectivity index (χ1n) is 11.1. The fourth-order valence-electron chi connectivity index (χ4n) is 4.35. The first kappa shape index (κ1) is 21.6. The molecule has 1 aromatic heterocycles. The van der Waals surface area contributed by atoms with Crippen molar-refractivity contribution in [2.24, 2.45) is 5.73 Å². The molecule has 0 saturated carbocycles. The lowest BCUT2D eigenvalue weighted by Gasteiger charge is -2.24. The summed E-state index contributed by atoms with van der Waals surface area (Å²) in [6.45, 7) is 0.465. The van der Waals surface area contributed by atoms with E-state index in [1.54, 1.807) is 12.1 Å². The molecule has 0 unspecified atom stereocenters. The molecule has 9 heteroatoms. The van der Waals surface area contributed by atoms with Crippen LogP contribution < -0.4 is 24.7 Å². The van der Waals surface area contributed by atoms with Gasteiger partial charge in [-0.15, -0.1) is 5.10 Å². The smallest absolute Gasteiger partial charge is 0.244 e. The van der Waals surface area contributed by atoms with Crippen LogP contribution in [0.1, 0.15) is 22.6 Å². The number of allylic oxidation sites excluding steroid dienone is 1. The van der Waals surface area contributed by atoms with E-state index in [0.717, 1.165) is 16.7 Å². The number of aromatic amines is 1. The molecule has 0 amide bonds. The lowest BCUT2D eigenvalue weighted by atomic mass is 9.83. The maximum atomic E-state index is 13.1. The Morgan fingerprint density at radius 1 is 1.06 bits per heavy atom. The van der Waals surface area contributed by atoms with Crippen molar-refractivity contribution in [1.29, 1.82) is 5.26 Å². The third-order valence-electron chi connectivity index (χ3n) is 6.13. The Hall–Kier alpha value is -4.97. The SMILES string of the molecule is N#CC1=C(N)Oc2n[nH]c(-c3ccc4c(c3)OCO4)c2[C@@H]1c1ccc(OCc2ccc(F)cc2)cc1. The number of halogens is 1. The van der Waals surface area contributed by atoms with E-state index >= 15 is 0 Å². The summed E-state index contributed by atoms with van der Waals surface area (Å²) in [4.78, 5) is 0. The van der Waals surface area contributed by atoms with Gasteiger partial charge in [0.2, 0.25) is 18.6 Å². The van der Waals surface area contributed by atoms with E-state index in [9.17, 15) is 9.65 Å². The first-order chi connectivity index (χ1) is 17.6. The monoisotopic (exact) mass is 482 g/mol. The van der Waals surface area contributed by atoms with Gasteiger partial charge in [-0.05, 0) is 53.6 Å². The summed E-state index contributed by atoms with van der Waals surface area (Å²) in [6, 6.07) is 21.3. The fourth-order valence-corrected chi connectivity index (χ4v) is 4.35. The van der Waals surface area contributed by atoms with Gasteiger partial charge in [-0.2, -0.15) is 5.26 Å². The van der Waals surface area contributed by atoms with E-state index in [2.05, 4.69) is 16.3 Å². The van der Waals surface area contributed by atoms with Crippen molar-refractivity contribution in [3.63, 3.8) is 0 Å². The van der Waals surface area contributed by atoms with E-state index < -0.39 is 5.92 Å². The Morgan fingerprint density at radius 3 is 2.61 bits per heavy atom. The highest BCUT2D eigenvalue weighted by Gasteiger charge is 2.36. The topological polar surface area (TPSA) is 115 Å². The summed E-state index contributed by atoms with van der Waals surface area (Å²) >= 11 is 0. The predicted molar refractivity (Wildman–Crippen MR) is 127 cm³/mol. The number of nitrogens with one attached hydrogen (secondary N) is 1. The van der Waals surface area contributed by atoms with Gasteiger partial charge in [-0.1, -0.05) is 24.3 Å². The summed E-state index contributed by atoms with van der Waals surface area (Å²) in [6.07, 6.45) is 0. The number of fused-ring (bicyclic) bond motifs is 2. The van der Waals surface area contributed by atoms with Crippen LogP contribution in [0.25, 0.3) is 11.3 Å². The number of nitrogens with two attached hydrogens (primary N) is 1. The van der Waals surface area contributed by atoms with Gasteiger partial charge in [-0.3, -0.25) is 5.10 Å². The van der Waals surface area contributed by atoms with Crippen molar-refractivity contribution >= 4 is 0 Å². The molecule has 0 aliphatic carbocycles. The number of ether oxygens (including phenoxy) is 4. The van der Waals surface area contributed by atoms with E-state index in [1.165, 1.54) is 12.1 Å². The minimum Gasteiger partial charge on any atom is -0.489 e. The van der Waals surface area contributed by atoms with Gasteiger partial charge < -0.3 is 24.7 Å². The standard InChI is InChI=1S/C27H19FN4O4/c28-18-6-1-15(2-7-18)13-33-19-8-3-16(4-9-19)23-20(12-29)26(30)36-27-24(23)25(31-32-27)17-5-10-21-22(11-17)35-14-34-21/h1-11,23H,13-14,30H2,(H,31,32)/t23-/m1/s1. The minimum atomic E-state index is -0.510. The number of rotatable bonds is 5. The van der Waals surface area contributed by atoms with Gasteiger partial charge in [0, 0.05) is 5.56 Å². The Kier molecular flexibility index (Phi) is 5.19. The molecule has 4 aromatic rings. The van der Waals surface area contributed by atoms with Gasteiger partial charge in [-0.25, -0.2) is 4.39 Å². The van der Waals surface area contributed by atoms with Crippen LogP contribution in [0.2, 0.25) is 0 Å². The molecule has 3 N–H and O–H groups in total. The third kappa shape index (κ3) is 3.75. The first-order valence-corrected chi connectivity index (χ1v) is 11.1. The molecule has 6 rings (SSSR count). The van der Waals surface area contributed by atoms with Gasteiger partial charge in [0.25, 0.3) is 0 Å². The van der Waals surface area contributed by atoms with E-state index in [4.69, 9.17) is 24.7 Å². The molecule has 0 fully saturated rings. The number of nitrogens with zero attached hydrogens (tertiary/aromatic N) is 2. The normalized spacial score (nSPS) is 15.7. The summed E-state index contributed by atoms with van der Waals surface area (Å²) in [5.74, 6) is 1.44. The molecule has 8 nitrogen and oxygen atoms in total. The van der Waals surface area contributed by atoms with E-state index in [0.29, 0.717) is 41.0 Å². The van der Waals surface area contributed by atoms with Crippen LogP contribution in [0, 0.1) is 17.1 Å². The van der Waals surface area contributed by atoms with Gasteiger partial charge in [0.15, 0.2) is 11.5 Å². The van der Waals surface area contributed by atoms with E-state index in [1.807, 2.05) is 42.5 Å². The Labute approximate surface area is 205 Å². The third-order valence-corrected chi connectivity index (χ3v) is 6.13. The number of hydrogen-bond acceptors (Lipinski definition) is 7. The molecule has 36 heavy (non-hydrogen) atoms. The number of H-pyrrole nitrogens is 1. The Balaban J connectivity index is 1.34. The quantitative estimate of drug-likeness (QED) is 0.422. The van der Waals surface area contributed by atoms with Crippen LogP contribution in [0.5, 0.6) is 23.1 Å². The summed E-state index contributed by atoms with van der Waals surface area (Å²) in [5.41, 5.74) is 10.2. The predicted octanol–water partition coefficient (Wildman–Crippen LogP) is 4.74. The summed E-state index contributed by atoms with van der Waals surface area (Å²) in [7, 11) is 0. The van der Waals surface area contributed by atoms with Gasteiger partial charge in [0.1, 0.15) is 29.8 Å².